The molecule has 0 spiro atoms. The van der Waals surface area contributed by atoms with Gasteiger partial charge in [0.2, 0.25) is 0 Å². The lowest BCUT2D eigenvalue weighted by Gasteiger charge is -2.27. The predicted octanol–water partition coefficient (Wildman–Crippen LogP) is 16.2. The Bertz CT molecular complexity index is 3560. The Morgan fingerprint density at radius 3 is 1.64 bits per heavy atom. The first-order chi connectivity index (χ1) is 28.7. The minimum atomic E-state index is 0.872. The molecule has 1 aromatic heterocycles. The quantitative estimate of drug-likeness (QED) is 0.164. The van der Waals surface area contributed by atoms with Crippen LogP contribution in [0.2, 0.25) is 0 Å². The fraction of sp³-hybridized carbons (Fsp3) is 0. The molecule has 0 saturated heterocycles. The molecule has 2 nitrogen and oxygen atoms in total. The summed E-state index contributed by atoms with van der Waals surface area (Å²) in [6.07, 6.45) is 0. The summed E-state index contributed by atoms with van der Waals surface area (Å²) in [6, 6.07) is 77.0. The number of hydrogen-bond acceptors (Lipinski definition) is 2. The lowest BCUT2D eigenvalue weighted by Crippen LogP contribution is -2.10. The fourth-order valence-corrected chi connectivity index (χ4v) is 9.27. The molecule has 11 aromatic carbocycles. The summed E-state index contributed by atoms with van der Waals surface area (Å²) >= 11 is 0. The van der Waals surface area contributed by atoms with Gasteiger partial charge in [0.05, 0.1) is 5.69 Å². The molecule has 0 fully saturated rings. The van der Waals surface area contributed by atoms with Gasteiger partial charge in [-0.05, 0) is 125 Å². The largest absolute Gasteiger partial charge is 0.456 e. The van der Waals surface area contributed by atoms with Crippen LogP contribution in [0.3, 0.4) is 0 Å². The first-order valence-electron chi connectivity index (χ1n) is 19.9. The Hall–Kier alpha value is -7.68. The van der Waals surface area contributed by atoms with Crippen LogP contribution >= 0.6 is 0 Å². The van der Waals surface area contributed by atoms with Gasteiger partial charge in [0.25, 0.3) is 0 Å². The summed E-state index contributed by atoms with van der Waals surface area (Å²) in [6.45, 7) is 0. The normalized spacial score (nSPS) is 11.8. The summed E-state index contributed by atoms with van der Waals surface area (Å²) < 4.78 is 6.50. The molecule has 0 atom stereocenters. The van der Waals surface area contributed by atoms with E-state index < -0.39 is 0 Å². The van der Waals surface area contributed by atoms with Gasteiger partial charge >= 0.3 is 0 Å². The molecule has 12 rings (SSSR count). The average Bonchev–Trinajstić information content (AvgIpc) is 3.66. The number of benzene rings is 11. The number of fused-ring (bicyclic) bond motifs is 11. The molecular weight excluding hydrogens is 703 g/mol. The molecule has 0 aliphatic heterocycles. The minimum absolute atomic E-state index is 0.872. The zero-order valence-electron chi connectivity index (χ0n) is 31.6. The topological polar surface area (TPSA) is 16.4 Å². The average molecular weight is 738 g/mol. The summed E-state index contributed by atoms with van der Waals surface area (Å²) in [5, 5.41) is 14.8. The van der Waals surface area contributed by atoms with Crippen molar-refractivity contribution < 1.29 is 4.42 Å². The lowest BCUT2D eigenvalue weighted by atomic mass is 9.91. The fourth-order valence-electron chi connectivity index (χ4n) is 9.27. The molecule has 0 N–H and O–H groups in total. The molecule has 270 valence electrons. The Labute approximate surface area is 335 Å². The first kappa shape index (κ1) is 32.6. The summed E-state index contributed by atoms with van der Waals surface area (Å²) in [4.78, 5) is 2.37. The van der Waals surface area contributed by atoms with Crippen LogP contribution in [0.1, 0.15) is 0 Å². The maximum Gasteiger partial charge on any atom is 0.135 e. The Kier molecular flexibility index (Phi) is 7.26. The van der Waals surface area contributed by atoms with E-state index in [-0.39, 0.29) is 0 Å². The highest BCUT2D eigenvalue weighted by Gasteiger charge is 2.19. The molecule has 0 radical (unpaired) electrons. The van der Waals surface area contributed by atoms with Crippen LogP contribution in [-0.2, 0) is 0 Å². The molecule has 0 amide bonds. The molecule has 2 heteroatoms. The van der Waals surface area contributed by atoms with Gasteiger partial charge in [0, 0.05) is 27.5 Å². The van der Waals surface area contributed by atoms with E-state index in [1.807, 2.05) is 0 Å². The Morgan fingerprint density at radius 2 is 0.862 bits per heavy atom. The van der Waals surface area contributed by atoms with Gasteiger partial charge in [-0.2, -0.15) is 0 Å². The number of para-hydroxylation sites is 1. The van der Waals surface area contributed by atoms with Gasteiger partial charge in [-0.3, -0.25) is 0 Å². The summed E-state index contributed by atoms with van der Waals surface area (Å²) in [5.41, 5.74) is 9.81. The van der Waals surface area contributed by atoms with Crippen LogP contribution in [0.25, 0.3) is 98.1 Å². The molecule has 0 bridgehead atoms. The van der Waals surface area contributed by atoms with Crippen molar-refractivity contribution in [1.82, 2.24) is 0 Å². The van der Waals surface area contributed by atoms with Gasteiger partial charge in [0.1, 0.15) is 11.2 Å². The molecule has 12 aromatic rings. The van der Waals surface area contributed by atoms with E-state index in [2.05, 4.69) is 217 Å². The minimum Gasteiger partial charge on any atom is -0.456 e. The van der Waals surface area contributed by atoms with E-state index >= 15 is 0 Å². The van der Waals surface area contributed by atoms with Crippen molar-refractivity contribution in [3.63, 3.8) is 0 Å². The monoisotopic (exact) mass is 737 g/mol. The van der Waals surface area contributed by atoms with Crippen molar-refractivity contribution in [1.29, 1.82) is 0 Å². The SMILES string of the molecule is c1ccc(-c2ccc(N(c3ccccc3)c3ccc4oc5ccc(-c6ccc7c(ccc8ccc9ccc%10ccccc%10c9c87)c6)cc5c4c3)c3ccccc23)cc1. The van der Waals surface area contributed by atoms with E-state index in [0.29, 0.717) is 0 Å². The van der Waals surface area contributed by atoms with Crippen molar-refractivity contribution in [3.05, 3.63) is 212 Å². The van der Waals surface area contributed by atoms with Crippen molar-refractivity contribution in [2.45, 2.75) is 0 Å². The number of rotatable bonds is 5. The molecule has 0 saturated carbocycles. The van der Waals surface area contributed by atoms with E-state index in [9.17, 15) is 0 Å². The van der Waals surface area contributed by atoms with Crippen LogP contribution < -0.4 is 4.90 Å². The van der Waals surface area contributed by atoms with Crippen LogP contribution in [-0.4, -0.2) is 0 Å². The molecule has 0 aliphatic rings. The van der Waals surface area contributed by atoms with E-state index in [0.717, 1.165) is 44.6 Å². The van der Waals surface area contributed by atoms with Gasteiger partial charge < -0.3 is 9.32 Å². The number of nitrogens with zero attached hydrogens (tertiary/aromatic N) is 1. The Balaban J connectivity index is 1.01. The predicted molar refractivity (Wildman–Crippen MR) is 247 cm³/mol. The Morgan fingerprint density at radius 1 is 0.293 bits per heavy atom. The zero-order chi connectivity index (χ0) is 38.2. The van der Waals surface area contributed by atoms with E-state index in [1.165, 1.54) is 70.6 Å². The number of anilines is 3. The number of furan rings is 1. The van der Waals surface area contributed by atoms with Gasteiger partial charge in [0.15, 0.2) is 0 Å². The summed E-state index contributed by atoms with van der Waals surface area (Å²) in [7, 11) is 0. The maximum atomic E-state index is 6.50. The number of hydrogen-bond donors (Lipinski definition) is 0. The molecule has 0 unspecified atom stereocenters. The third kappa shape index (κ3) is 5.12. The van der Waals surface area contributed by atoms with Crippen molar-refractivity contribution in [2.75, 3.05) is 4.90 Å². The van der Waals surface area contributed by atoms with Gasteiger partial charge in [-0.1, -0.05) is 158 Å². The molecule has 58 heavy (non-hydrogen) atoms. The van der Waals surface area contributed by atoms with Crippen LogP contribution in [0.15, 0.2) is 217 Å². The third-order valence-corrected chi connectivity index (χ3v) is 12.0. The third-order valence-electron chi connectivity index (χ3n) is 12.0. The lowest BCUT2D eigenvalue weighted by molar-refractivity contribution is 0.669. The van der Waals surface area contributed by atoms with Crippen molar-refractivity contribution in [2.24, 2.45) is 0 Å². The highest BCUT2D eigenvalue weighted by molar-refractivity contribution is 6.27. The second-order valence-electron chi connectivity index (χ2n) is 15.3. The van der Waals surface area contributed by atoms with Crippen LogP contribution in [0.4, 0.5) is 17.1 Å². The van der Waals surface area contributed by atoms with Gasteiger partial charge in [-0.25, -0.2) is 0 Å². The highest BCUT2D eigenvalue weighted by Crippen LogP contribution is 2.44. The van der Waals surface area contributed by atoms with E-state index in [4.69, 9.17) is 4.42 Å². The maximum absolute atomic E-state index is 6.50. The standard InChI is InChI=1S/C56H35NO/c1-3-11-36(12-4-1)45-29-30-52(49-18-10-9-17-48(45)49)57(43-14-5-2-6-15-43)44-27-32-54-51(35-44)50-34-41(26-31-53(50)58-54)40-25-28-47-42(33-40)24-23-39-22-21-38-20-19-37-13-7-8-16-46(37)55(38)56(39)47/h1-35H. The van der Waals surface area contributed by atoms with Crippen molar-refractivity contribution in [3.8, 4) is 22.3 Å². The summed E-state index contributed by atoms with van der Waals surface area (Å²) in [5.74, 6) is 0. The van der Waals surface area contributed by atoms with Crippen molar-refractivity contribution >= 4 is 92.9 Å². The zero-order valence-corrected chi connectivity index (χ0v) is 31.6. The van der Waals surface area contributed by atoms with Crippen LogP contribution in [0.5, 0.6) is 0 Å². The smallest absolute Gasteiger partial charge is 0.135 e. The van der Waals surface area contributed by atoms with Gasteiger partial charge in [-0.15, -0.1) is 0 Å². The van der Waals surface area contributed by atoms with E-state index in [1.54, 1.807) is 0 Å². The first-order valence-corrected chi connectivity index (χ1v) is 19.9. The second-order valence-corrected chi connectivity index (χ2v) is 15.3. The second kappa shape index (κ2) is 12.9. The molecular formula is C56H35NO. The molecule has 0 aliphatic carbocycles. The van der Waals surface area contributed by atoms with Crippen LogP contribution in [0, 0.1) is 0 Å². The molecule has 1 heterocycles. The highest BCUT2D eigenvalue weighted by atomic mass is 16.3.